The number of carbonyl (C=O) groups is 1. The molecule has 0 bridgehead atoms. The van der Waals surface area contributed by atoms with E-state index in [-0.39, 0.29) is 12.0 Å². The van der Waals surface area contributed by atoms with Crippen LogP contribution in [-0.2, 0) is 9.53 Å². The van der Waals surface area contributed by atoms with Gasteiger partial charge in [0.15, 0.2) is 0 Å². The first-order valence-corrected chi connectivity index (χ1v) is 6.26. The number of piperazine rings is 1. The lowest BCUT2D eigenvalue weighted by molar-refractivity contribution is -0.143. The number of methoxy groups -OCH3 is 1. The summed E-state index contributed by atoms with van der Waals surface area (Å²) in [6, 6.07) is 0.407. The molecule has 5 heteroatoms. The van der Waals surface area contributed by atoms with E-state index in [0.29, 0.717) is 6.04 Å². The van der Waals surface area contributed by atoms with Gasteiger partial charge in [0.2, 0.25) is 0 Å². The third kappa shape index (κ3) is 4.26. The predicted molar refractivity (Wildman–Crippen MR) is 68.0 cm³/mol. The van der Waals surface area contributed by atoms with Crippen molar-refractivity contribution in [2.75, 3.05) is 47.4 Å². The van der Waals surface area contributed by atoms with Gasteiger partial charge in [-0.15, -0.1) is 0 Å². The van der Waals surface area contributed by atoms with E-state index in [1.807, 2.05) is 0 Å². The van der Waals surface area contributed by atoms with Crippen LogP contribution in [0.3, 0.4) is 0 Å². The second-order valence-corrected chi connectivity index (χ2v) is 4.78. The number of ether oxygens (including phenoxy) is 1. The first-order chi connectivity index (χ1) is 8.08. The van der Waals surface area contributed by atoms with Gasteiger partial charge in [-0.2, -0.15) is 0 Å². The molecule has 2 unspecified atom stereocenters. The molecule has 5 nitrogen and oxygen atoms in total. The first-order valence-electron chi connectivity index (χ1n) is 6.26. The maximum absolute atomic E-state index is 11.4. The molecule has 17 heavy (non-hydrogen) atoms. The molecule has 0 spiro atoms. The third-order valence-corrected chi connectivity index (χ3v) is 3.61. The lowest BCUT2D eigenvalue weighted by atomic mass is 10.1. The molecule has 0 aromatic carbocycles. The van der Waals surface area contributed by atoms with Crippen LogP contribution in [0.4, 0.5) is 0 Å². The predicted octanol–water partition coefficient (Wildman–Crippen LogP) is -0.227. The van der Waals surface area contributed by atoms with E-state index in [1.54, 1.807) is 7.05 Å². The van der Waals surface area contributed by atoms with Crippen molar-refractivity contribution >= 4 is 5.97 Å². The first kappa shape index (κ1) is 14.4. The van der Waals surface area contributed by atoms with Crippen LogP contribution in [0.2, 0.25) is 0 Å². The summed E-state index contributed by atoms with van der Waals surface area (Å²) in [4.78, 5) is 16.2. The molecule has 0 aromatic rings. The van der Waals surface area contributed by atoms with Crippen LogP contribution < -0.4 is 5.32 Å². The molecule has 100 valence electrons. The van der Waals surface area contributed by atoms with Crippen molar-refractivity contribution in [3.8, 4) is 0 Å². The Balaban J connectivity index is 2.32. The summed E-state index contributed by atoms with van der Waals surface area (Å²) in [6.07, 6.45) is 0.805. The van der Waals surface area contributed by atoms with Crippen molar-refractivity contribution in [2.24, 2.45) is 0 Å². The lowest BCUT2D eigenvalue weighted by Gasteiger charge is -2.38. The van der Waals surface area contributed by atoms with Gasteiger partial charge < -0.3 is 19.9 Å². The van der Waals surface area contributed by atoms with Crippen molar-refractivity contribution in [1.82, 2.24) is 15.1 Å². The molecule has 0 aromatic heterocycles. The van der Waals surface area contributed by atoms with E-state index in [9.17, 15) is 4.79 Å². The Morgan fingerprint density at radius 1 is 1.53 bits per heavy atom. The zero-order valence-corrected chi connectivity index (χ0v) is 11.4. The summed E-state index contributed by atoms with van der Waals surface area (Å²) >= 11 is 0. The molecule has 0 radical (unpaired) electrons. The van der Waals surface area contributed by atoms with Crippen LogP contribution in [0.15, 0.2) is 0 Å². The number of nitrogens with zero attached hydrogens (tertiary/aromatic N) is 2. The maximum atomic E-state index is 11.4. The van der Waals surface area contributed by atoms with Crippen LogP contribution in [0, 0.1) is 0 Å². The largest absolute Gasteiger partial charge is 0.468 e. The van der Waals surface area contributed by atoms with Gasteiger partial charge >= 0.3 is 5.97 Å². The number of nitrogens with one attached hydrogen (secondary N) is 1. The van der Waals surface area contributed by atoms with Gasteiger partial charge in [-0.1, -0.05) is 0 Å². The van der Waals surface area contributed by atoms with Crippen molar-refractivity contribution in [3.63, 3.8) is 0 Å². The molecule has 1 aliphatic heterocycles. The molecule has 1 fully saturated rings. The fourth-order valence-corrected chi connectivity index (χ4v) is 2.16. The van der Waals surface area contributed by atoms with Gasteiger partial charge in [-0.05, 0) is 27.4 Å². The number of carbonyl (C=O) groups excluding carboxylic acids is 1. The van der Waals surface area contributed by atoms with E-state index in [0.717, 1.165) is 32.6 Å². The van der Waals surface area contributed by atoms with Gasteiger partial charge in [0, 0.05) is 32.2 Å². The van der Waals surface area contributed by atoms with Crippen molar-refractivity contribution in [2.45, 2.75) is 25.4 Å². The second-order valence-electron chi connectivity index (χ2n) is 4.78. The molecule has 1 N–H and O–H groups in total. The zero-order chi connectivity index (χ0) is 12.8. The molecule has 1 rings (SSSR count). The standard InChI is InChI=1S/C12H25N3O2/c1-10-9-15(8-7-14(10)3)6-5-11(13-2)12(16)17-4/h10-11,13H,5-9H2,1-4H3. The highest BCUT2D eigenvalue weighted by molar-refractivity contribution is 5.75. The van der Waals surface area contributed by atoms with Crippen molar-refractivity contribution in [3.05, 3.63) is 0 Å². The Labute approximate surface area is 104 Å². The van der Waals surface area contributed by atoms with Gasteiger partial charge in [0.25, 0.3) is 0 Å². The van der Waals surface area contributed by atoms with Crippen LogP contribution in [0.25, 0.3) is 0 Å². The fourth-order valence-electron chi connectivity index (χ4n) is 2.16. The zero-order valence-electron chi connectivity index (χ0n) is 11.4. The highest BCUT2D eigenvalue weighted by Crippen LogP contribution is 2.08. The van der Waals surface area contributed by atoms with Crippen molar-refractivity contribution < 1.29 is 9.53 Å². The minimum Gasteiger partial charge on any atom is -0.468 e. The number of rotatable bonds is 5. The summed E-state index contributed by atoms with van der Waals surface area (Å²) in [5.41, 5.74) is 0. The Morgan fingerprint density at radius 2 is 2.24 bits per heavy atom. The molecular weight excluding hydrogens is 218 g/mol. The molecule has 1 aliphatic rings. The summed E-state index contributed by atoms with van der Waals surface area (Å²) in [6.45, 7) is 6.44. The van der Waals surface area contributed by atoms with Crippen LogP contribution in [-0.4, -0.2) is 75.2 Å². The van der Waals surface area contributed by atoms with Crippen LogP contribution >= 0.6 is 0 Å². The van der Waals surface area contributed by atoms with Crippen LogP contribution in [0.1, 0.15) is 13.3 Å². The quantitative estimate of drug-likeness (QED) is 0.676. The summed E-state index contributed by atoms with van der Waals surface area (Å²) < 4.78 is 4.75. The maximum Gasteiger partial charge on any atom is 0.322 e. The molecule has 1 heterocycles. The Bertz CT molecular complexity index is 248. The van der Waals surface area contributed by atoms with Gasteiger partial charge in [-0.25, -0.2) is 0 Å². The second kappa shape index (κ2) is 6.93. The molecule has 0 amide bonds. The lowest BCUT2D eigenvalue weighted by Crippen LogP contribution is -2.51. The Hall–Kier alpha value is -0.650. The Kier molecular flexibility index (Phi) is 5.88. The molecule has 2 atom stereocenters. The smallest absolute Gasteiger partial charge is 0.322 e. The third-order valence-electron chi connectivity index (χ3n) is 3.61. The van der Waals surface area contributed by atoms with Gasteiger partial charge in [0.05, 0.1) is 7.11 Å². The molecule has 1 saturated heterocycles. The average molecular weight is 243 g/mol. The van der Waals surface area contributed by atoms with Gasteiger partial charge in [0.1, 0.15) is 6.04 Å². The Morgan fingerprint density at radius 3 is 2.76 bits per heavy atom. The minimum absolute atomic E-state index is 0.172. The minimum atomic E-state index is -0.185. The normalized spacial score (nSPS) is 24.6. The highest BCUT2D eigenvalue weighted by Gasteiger charge is 2.23. The fraction of sp³-hybridized carbons (Fsp3) is 0.917. The monoisotopic (exact) mass is 243 g/mol. The SMILES string of the molecule is CNC(CCN1CCN(C)C(C)C1)C(=O)OC. The summed E-state index contributed by atoms with van der Waals surface area (Å²) in [5.74, 6) is -0.172. The van der Waals surface area contributed by atoms with E-state index >= 15 is 0 Å². The van der Waals surface area contributed by atoms with E-state index in [1.165, 1.54) is 7.11 Å². The van der Waals surface area contributed by atoms with E-state index in [2.05, 4.69) is 29.1 Å². The average Bonchev–Trinajstić information content (AvgIpc) is 2.33. The highest BCUT2D eigenvalue weighted by atomic mass is 16.5. The van der Waals surface area contributed by atoms with Crippen molar-refractivity contribution in [1.29, 1.82) is 0 Å². The van der Waals surface area contributed by atoms with E-state index in [4.69, 9.17) is 4.74 Å². The molecule has 0 saturated carbocycles. The summed E-state index contributed by atoms with van der Waals surface area (Å²) in [5, 5.41) is 3.00. The topological polar surface area (TPSA) is 44.8 Å². The van der Waals surface area contributed by atoms with Crippen LogP contribution in [0.5, 0.6) is 0 Å². The summed E-state index contributed by atoms with van der Waals surface area (Å²) in [7, 11) is 5.39. The number of esters is 1. The van der Waals surface area contributed by atoms with Gasteiger partial charge in [-0.3, -0.25) is 4.79 Å². The number of hydrogen-bond acceptors (Lipinski definition) is 5. The molecular formula is C12H25N3O2. The number of hydrogen-bond donors (Lipinski definition) is 1. The number of likely N-dealkylation sites (N-methyl/N-ethyl adjacent to an activating group) is 2. The van der Waals surface area contributed by atoms with E-state index < -0.39 is 0 Å². The molecule has 0 aliphatic carbocycles.